The molecule has 2 N–H and O–H groups in total. The maximum Gasteiger partial charge on any atom is 0.209 e. The molecule has 2 aliphatic rings. The third kappa shape index (κ3) is 4.20. The number of anilines is 1. The first-order valence-electron chi connectivity index (χ1n) is 8.52. The summed E-state index contributed by atoms with van der Waals surface area (Å²) in [6.45, 7) is 1.92. The van der Waals surface area contributed by atoms with Crippen molar-refractivity contribution in [3.8, 4) is 0 Å². The Kier molecular flexibility index (Phi) is 4.87. The number of rotatable bonds is 4. The molecule has 1 aromatic rings. The SMILES string of the molecule is Cc1nc2c(c(NC3CCCCC3NS(C)(=O)=O)n1)CCCC2. The molecular formula is C16H26N4O2S. The number of aryl methyl sites for hydroxylation is 2. The van der Waals surface area contributed by atoms with Gasteiger partial charge in [-0.25, -0.2) is 23.1 Å². The molecule has 2 unspecified atom stereocenters. The number of hydrogen-bond donors (Lipinski definition) is 2. The van der Waals surface area contributed by atoms with E-state index in [1.165, 1.54) is 24.7 Å². The minimum Gasteiger partial charge on any atom is -0.365 e. The zero-order valence-electron chi connectivity index (χ0n) is 13.9. The second-order valence-electron chi connectivity index (χ2n) is 6.78. The van der Waals surface area contributed by atoms with Gasteiger partial charge in [-0.1, -0.05) is 12.8 Å². The van der Waals surface area contributed by atoms with E-state index < -0.39 is 10.0 Å². The summed E-state index contributed by atoms with van der Waals surface area (Å²) in [6, 6.07) is 0.0343. The zero-order valence-corrected chi connectivity index (χ0v) is 14.7. The Balaban J connectivity index is 1.83. The Bertz CT molecular complexity index is 675. The Morgan fingerprint density at radius 3 is 2.43 bits per heavy atom. The molecule has 7 heteroatoms. The van der Waals surface area contributed by atoms with Crippen molar-refractivity contribution in [2.45, 2.75) is 70.4 Å². The van der Waals surface area contributed by atoms with Crippen LogP contribution in [0.5, 0.6) is 0 Å². The normalized spacial score (nSPS) is 25.0. The first kappa shape index (κ1) is 16.6. The molecule has 0 amide bonds. The van der Waals surface area contributed by atoms with Crippen LogP contribution in [0.4, 0.5) is 5.82 Å². The zero-order chi connectivity index (χ0) is 16.4. The van der Waals surface area contributed by atoms with Gasteiger partial charge >= 0.3 is 0 Å². The molecule has 0 bridgehead atoms. The average Bonchev–Trinajstić information content (AvgIpc) is 2.47. The lowest BCUT2D eigenvalue weighted by Gasteiger charge is -2.33. The van der Waals surface area contributed by atoms with Crippen molar-refractivity contribution in [3.05, 3.63) is 17.1 Å². The van der Waals surface area contributed by atoms with Crippen molar-refractivity contribution in [3.63, 3.8) is 0 Å². The monoisotopic (exact) mass is 338 g/mol. The van der Waals surface area contributed by atoms with E-state index in [1.54, 1.807) is 0 Å². The molecule has 1 saturated carbocycles. The van der Waals surface area contributed by atoms with Gasteiger partial charge in [0.05, 0.1) is 6.26 Å². The van der Waals surface area contributed by atoms with Crippen LogP contribution in [0.1, 0.15) is 55.6 Å². The summed E-state index contributed by atoms with van der Waals surface area (Å²) >= 11 is 0. The number of fused-ring (bicyclic) bond motifs is 1. The molecule has 0 saturated heterocycles. The van der Waals surface area contributed by atoms with Gasteiger partial charge in [-0.15, -0.1) is 0 Å². The lowest BCUT2D eigenvalue weighted by Crippen LogP contribution is -2.48. The molecular weight excluding hydrogens is 312 g/mol. The Labute approximate surface area is 138 Å². The summed E-state index contributed by atoms with van der Waals surface area (Å²) in [7, 11) is -3.20. The Hall–Kier alpha value is -1.21. The van der Waals surface area contributed by atoms with Crippen LogP contribution in [-0.4, -0.2) is 36.7 Å². The van der Waals surface area contributed by atoms with Crippen LogP contribution in [0, 0.1) is 6.92 Å². The van der Waals surface area contributed by atoms with Crippen LogP contribution >= 0.6 is 0 Å². The molecule has 23 heavy (non-hydrogen) atoms. The van der Waals surface area contributed by atoms with E-state index >= 15 is 0 Å². The highest BCUT2D eigenvalue weighted by Crippen LogP contribution is 2.28. The fourth-order valence-corrected chi connectivity index (χ4v) is 4.56. The van der Waals surface area contributed by atoms with Gasteiger partial charge in [-0.2, -0.15) is 0 Å². The van der Waals surface area contributed by atoms with Crippen molar-refractivity contribution in [2.75, 3.05) is 11.6 Å². The fraction of sp³-hybridized carbons (Fsp3) is 0.750. The number of aromatic nitrogens is 2. The topological polar surface area (TPSA) is 84.0 Å². The van der Waals surface area contributed by atoms with Crippen molar-refractivity contribution in [1.82, 2.24) is 14.7 Å². The summed E-state index contributed by atoms with van der Waals surface area (Å²) in [5.74, 6) is 1.70. The van der Waals surface area contributed by atoms with Crippen LogP contribution in [0.15, 0.2) is 0 Å². The second kappa shape index (κ2) is 6.73. The largest absolute Gasteiger partial charge is 0.365 e. The molecule has 1 fully saturated rings. The van der Waals surface area contributed by atoms with Crippen LogP contribution < -0.4 is 10.0 Å². The smallest absolute Gasteiger partial charge is 0.209 e. The summed E-state index contributed by atoms with van der Waals surface area (Å²) in [5.41, 5.74) is 2.39. The molecule has 1 heterocycles. The number of sulfonamides is 1. The van der Waals surface area contributed by atoms with E-state index in [0.717, 1.165) is 55.9 Å². The second-order valence-corrected chi connectivity index (χ2v) is 8.56. The van der Waals surface area contributed by atoms with Crippen molar-refractivity contribution < 1.29 is 8.42 Å². The molecule has 128 valence electrons. The first-order valence-corrected chi connectivity index (χ1v) is 10.4. The predicted molar refractivity (Wildman–Crippen MR) is 91.1 cm³/mol. The molecule has 0 aliphatic heterocycles. The van der Waals surface area contributed by atoms with Crippen LogP contribution in [0.3, 0.4) is 0 Å². The maximum atomic E-state index is 11.6. The maximum absolute atomic E-state index is 11.6. The third-order valence-electron chi connectivity index (χ3n) is 4.75. The molecule has 1 aromatic heterocycles. The lowest BCUT2D eigenvalue weighted by molar-refractivity contribution is 0.378. The highest BCUT2D eigenvalue weighted by molar-refractivity contribution is 7.88. The summed E-state index contributed by atoms with van der Waals surface area (Å²) in [6.07, 6.45) is 9.63. The van der Waals surface area contributed by atoms with Crippen molar-refractivity contribution in [1.29, 1.82) is 0 Å². The van der Waals surface area contributed by atoms with E-state index in [4.69, 9.17) is 0 Å². The van der Waals surface area contributed by atoms with Gasteiger partial charge in [0.25, 0.3) is 0 Å². The van der Waals surface area contributed by atoms with E-state index in [0.29, 0.717) is 0 Å². The fourth-order valence-electron chi connectivity index (χ4n) is 3.73. The van der Waals surface area contributed by atoms with Gasteiger partial charge in [0.1, 0.15) is 11.6 Å². The summed E-state index contributed by atoms with van der Waals surface area (Å²) in [5, 5.41) is 3.54. The van der Waals surface area contributed by atoms with Crippen LogP contribution in [0.2, 0.25) is 0 Å². The summed E-state index contributed by atoms with van der Waals surface area (Å²) in [4.78, 5) is 9.20. The quantitative estimate of drug-likeness (QED) is 0.876. The van der Waals surface area contributed by atoms with Gasteiger partial charge in [0.2, 0.25) is 10.0 Å². The molecule has 0 spiro atoms. The van der Waals surface area contributed by atoms with Gasteiger partial charge in [0.15, 0.2) is 0 Å². The van der Waals surface area contributed by atoms with Crippen molar-refractivity contribution in [2.24, 2.45) is 0 Å². The third-order valence-corrected chi connectivity index (χ3v) is 5.48. The molecule has 0 aromatic carbocycles. The van der Waals surface area contributed by atoms with E-state index in [1.807, 2.05) is 6.92 Å². The predicted octanol–water partition coefficient (Wildman–Crippen LogP) is 1.94. The van der Waals surface area contributed by atoms with Gasteiger partial charge in [0, 0.05) is 23.3 Å². The Morgan fingerprint density at radius 1 is 1.00 bits per heavy atom. The summed E-state index contributed by atoms with van der Waals surface area (Å²) < 4.78 is 26.0. The van der Waals surface area contributed by atoms with E-state index in [9.17, 15) is 8.42 Å². The number of hydrogen-bond acceptors (Lipinski definition) is 5. The average molecular weight is 338 g/mol. The standard InChI is InChI=1S/C16H26N4O2S/c1-11-17-13-8-4-3-7-12(13)16(18-11)19-14-9-5-6-10-15(14)20-23(2,21)22/h14-15,20H,3-10H2,1-2H3,(H,17,18,19). The molecule has 0 radical (unpaired) electrons. The van der Waals surface area contributed by atoms with Gasteiger partial charge < -0.3 is 5.32 Å². The molecule has 2 atom stereocenters. The van der Waals surface area contributed by atoms with E-state index in [-0.39, 0.29) is 12.1 Å². The van der Waals surface area contributed by atoms with Gasteiger partial charge in [-0.05, 0) is 45.4 Å². The highest BCUT2D eigenvalue weighted by atomic mass is 32.2. The van der Waals surface area contributed by atoms with Crippen LogP contribution in [0.25, 0.3) is 0 Å². The molecule has 6 nitrogen and oxygen atoms in total. The van der Waals surface area contributed by atoms with Gasteiger partial charge in [-0.3, -0.25) is 0 Å². The number of nitrogens with one attached hydrogen (secondary N) is 2. The Morgan fingerprint density at radius 2 is 1.70 bits per heavy atom. The minimum absolute atomic E-state index is 0.0618. The molecule has 2 aliphatic carbocycles. The van der Waals surface area contributed by atoms with E-state index in [2.05, 4.69) is 20.0 Å². The minimum atomic E-state index is -3.20. The number of nitrogens with zero attached hydrogens (tertiary/aromatic N) is 2. The lowest BCUT2D eigenvalue weighted by atomic mass is 9.90. The highest BCUT2D eigenvalue weighted by Gasteiger charge is 2.29. The van der Waals surface area contributed by atoms with Crippen molar-refractivity contribution >= 4 is 15.8 Å². The van der Waals surface area contributed by atoms with Crippen LogP contribution in [-0.2, 0) is 22.9 Å². The molecule has 3 rings (SSSR count). The first-order chi connectivity index (χ1) is 10.9.